The van der Waals surface area contributed by atoms with Crippen molar-refractivity contribution in [2.45, 2.75) is 27.1 Å². The van der Waals surface area contributed by atoms with E-state index in [9.17, 15) is 4.79 Å². The fraction of sp³-hybridized carbons (Fsp3) is 0.308. The number of carbonyl (C=O) groups excluding carboxylic acids is 1. The van der Waals surface area contributed by atoms with E-state index in [-0.39, 0.29) is 5.97 Å². The second-order valence-corrected chi connectivity index (χ2v) is 4.01. The molecule has 3 nitrogen and oxygen atoms in total. The van der Waals surface area contributed by atoms with Crippen LogP contribution in [0.1, 0.15) is 18.1 Å². The summed E-state index contributed by atoms with van der Waals surface area (Å²) >= 11 is 0. The molecule has 1 aliphatic heterocycles. The van der Waals surface area contributed by atoms with E-state index in [0.29, 0.717) is 5.57 Å². The van der Waals surface area contributed by atoms with Gasteiger partial charge in [0.25, 0.3) is 6.29 Å². The first-order valence-electron chi connectivity index (χ1n) is 5.19. The van der Waals surface area contributed by atoms with Gasteiger partial charge in [-0.3, -0.25) is 0 Å². The first-order valence-corrected chi connectivity index (χ1v) is 5.19. The van der Waals surface area contributed by atoms with Crippen molar-refractivity contribution in [3.8, 4) is 5.75 Å². The van der Waals surface area contributed by atoms with E-state index >= 15 is 0 Å². The molecule has 1 atom stereocenters. The number of benzene rings is 1. The molecular weight excluding hydrogens is 204 g/mol. The summed E-state index contributed by atoms with van der Waals surface area (Å²) in [5, 5.41) is 0. The molecule has 0 saturated carbocycles. The average molecular weight is 218 g/mol. The maximum atomic E-state index is 11.1. The molecule has 0 bridgehead atoms. The lowest BCUT2D eigenvalue weighted by molar-refractivity contribution is -0.148. The second kappa shape index (κ2) is 4.00. The number of aryl methyl sites for hydroxylation is 2. The minimum Gasteiger partial charge on any atom is -0.451 e. The number of esters is 1. The third kappa shape index (κ3) is 2.08. The predicted octanol–water partition coefficient (Wildman–Crippen LogP) is 2.51. The van der Waals surface area contributed by atoms with Crippen molar-refractivity contribution in [3.05, 3.63) is 41.0 Å². The molecule has 84 valence electrons. The van der Waals surface area contributed by atoms with Gasteiger partial charge in [-0.25, -0.2) is 4.79 Å². The van der Waals surface area contributed by atoms with E-state index in [1.165, 1.54) is 5.56 Å². The fourth-order valence-electron chi connectivity index (χ4n) is 1.62. The van der Waals surface area contributed by atoms with Crippen LogP contribution in [0.4, 0.5) is 0 Å². The van der Waals surface area contributed by atoms with Gasteiger partial charge in [-0.2, -0.15) is 0 Å². The summed E-state index contributed by atoms with van der Waals surface area (Å²) < 4.78 is 10.6. The van der Waals surface area contributed by atoms with Gasteiger partial charge in [-0.1, -0.05) is 17.7 Å². The van der Waals surface area contributed by atoms with E-state index < -0.39 is 6.29 Å². The molecule has 1 aromatic carbocycles. The second-order valence-electron chi connectivity index (χ2n) is 4.01. The largest absolute Gasteiger partial charge is 0.451 e. The quantitative estimate of drug-likeness (QED) is 0.715. The molecular formula is C13H14O3. The van der Waals surface area contributed by atoms with Crippen molar-refractivity contribution in [1.29, 1.82) is 0 Å². The molecule has 0 N–H and O–H groups in total. The lowest BCUT2D eigenvalue weighted by atomic mass is 10.1. The van der Waals surface area contributed by atoms with Crippen molar-refractivity contribution in [2.24, 2.45) is 0 Å². The van der Waals surface area contributed by atoms with Gasteiger partial charge in [0.05, 0.1) is 0 Å². The number of hydrogen-bond donors (Lipinski definition) is 0. The highest BCUT2D eigenvalue weighted by Crippen LogP contribution is 2.23. The van der Waals surface area contributed by atoms with Crippen LogP contribution in [0.3, 0.4) is 0 Å². The zero-order valence-electron chi connectivity index (χ0n) is 9.61. The molecule has 1 aliphatic rings. The molecule has 3 heteroatoms. The Kier molecular flexibility index (Phi) is 2.69. The van der Waals surface area contributed by atoms with Gasteiger partial charge in [-0.05, 0) is 32.4 Å². The number of carbonyl (C=O) groups is 1. The Bertz CT molecular complexity index is 460. The highest BCUT2D eigenvalue weighted by molar-refractivity contribution is 5.90. The molecule has 2 rings (SSSR count). The Morgan fingerprint density at radius 2 is 2.00 bits per heavy atom. The third-order valence-electron chi connectivity index (χ3n) is 2.50. The standard InChI is InChI=1S/C13H14O3/c1-8-4-5-11(9(2)6-8)15-12-7-10(3)13(14)16-12/h4-7,12H,1-3H3. The van der Waals surface area contributed by atoms with Gasteiger partial charge < -0.3 is 9.47 Å². The summed E-state index contributed by atoms with van der Waals surface area (Å²) in [7, 11) is 0. The Labute approximate surface area is 94.7 Å². The molecule has 0 amide bonds. The molecule has 16 heavy (non-hydrogen) atoms. The normalized spacial score (nSPS) is 19.3. The van der Waals surface area contributed by atoms with Crippen molar-refractivity contribution in [3.63, 3.8) is 0 Å². The van der Waals surface area contributed by atoms with Crippen LogP contribution in [0.25, 0.3) is 0 Å². The minimum atomic E-state index is -0.589. The Hall–Kier alpha value is -1.77. The Morgan fingerprint density at radius 1 is 1.25 bits per heavy atom. The van der Waals surface area contributed by atoms with E-state index in [2.05, 4.69) is 0 Å². The van der Waals surface area contributed by atoms with E-state index in [0.717, 1.165) is 11.3 Å². The highest BCUT2D eigenvalue weighted by Gasteiger charge is 2.23. The topological polar surface area (TPSA) is 35.5 Å². The van der Waals surface area contributed by atoms with E-state index in [4.69, 9.17) is 9.47 Å². The first kappa shape index (κ1) is 10.7. The number of rotatable bonds is 2. The lowest BCUT2D eigenvalue weighted by Gasteiger charge is -2.13. The smallest absolute Gasteiger partial charge is 0.336 e. The first-order chi connectivity index (χ1) is 7.56. The minimum absolute atomic E-state index is 0.310. The van der Waals surface area contributed by atoms with Crippen molar-refractivity contribution < 1.29 is 14.3 Å². The van der Waals surface area contributed by atoms with Crippen LogP contribution in [0.5, 0.6) is 5.75 Å². The van der Waals surface area contributed by atoms with Gasteiger partial charge in [-0.15, -0.1) is 0 Å². The van der Waals surface area contributed by atoms with Crippen molar-refractivity contribution in [2.75, 3.05) is 0 Å². The molecule has 0 aliphatic carbocycles. The zero-order valence-corrected chi connectivity index (χ0v) is 9.61. The summed E-state index contributed by atoms with van der Waals surface area (Å²) in [5.41, 5.74) is 2.81. The summed E-state index contributed by atoms with van der Waals surface area (Å²) in [6.45, 7) is 5.71. The molecule has 0 aromatic heterocycles. The molecule has 0 spiro atoms. The van der Waals surface area contributed by atoms with Gasteiger partial charge in [0.2, 0.25) is 0 Å². The number of cyclic esters (lactones) is 1. The molecule has 0 fully saturated rings. The monoisotopic (exact) mass is 218 g/mol. The highest BCUT2D eigenvalue weighted by atomic mass is 16.7. The maximum Gasteiger partial charge on any atom is 0.336 e. The van der Waals surface area contributed by atoms with Crippen molar-refractivity contribution >= 4 is 5.97 Å². The van der Waals surface area contributed by atoms with Crippen LogP contribution in [-0.4, -0.2) is 12.3 Å². The summed E-state index contributed by atoms with van der Waals surface area (Å²) in [6.07, 6.45) is 1.09. The van der Waals surface area contributed by atoms with Gasteiger partial charge in [0.1, 0.15) is 5.75 Å². The van der Waals surface area contributed by atoms with Gasteiger partial charge in [0, 0.05) is 11.6 Å². The third-order valence-corrected chi connectivity index (χ3v) is 2.50. The average Bonchev–Trinajstić information content (AvgIpc) is 2.51. The predicted molar refractivity (Wildman–Crippen MR) is 60.2 cm³/mol. The molecule has 1 unspecified atom stereocenters. The molecule has 0 radical (unpaired) electrons. The number of ether oxygens (including phenoxy) is 2. The van der Waals surface area contributed by atoms with Crippen LogP contribution in [0.15, 0.2) is 29.8 Å². The van der Waals surface area contributed by atoms with Crippen LogP contribution in [0.2, 0.25) is 0 Å². The van der Waals surface area contributed by atoms with Crippen LogP contribution in [0, 0.1) is 13.8 Å². The van der Waals surface area contributed by atoms with E-state index in [1.54, 1.807) is 13.0 Å². The van der Waals surface area contributed by atoms with E-state index in [1.807, 2.05) is 32.0 Å². The van der Waals surface area contributed by atoms with Crippen LogP contribution >= 0.6 is 0 Å². The Balaban J connectivity index is 2.14. The SMILES string of the molecule is CC1=CC(Oc2ccc(C)cc2C)OC1=O. The van der Waals surface area contributed by atoms with Gasteiger partial charge in [0.15, 0.2) is 0 Å². The summed E-state index contributed by atoms with van der Waals surface area (Å²) in [6, 6.07) is 5.89. The zero-order chi connectivity index (χ0) is 11.7. The Morgan fingerprint density at radius 3 is 2.56 bits per heavy atom. The maximum absolute atomic E-state index is 11.1. The number of hydrogen-bond acceptors (Lipinski definition) is 3. The van der Waals surface area contributed by atoms with Crippen LogP contribution in [-0.2, 0) is 9.53 Å². The lowest BCUT2D eigenvalue weighted by Crippen LogP contribution is -2.16. The summed E-state index contributed by atoms with van der Waals surface area (Å²) in [5.74, 6) is 0.434. The van der Waals surface area contributed by atoms with Crippen LogP contribution < -0.4 is 4.74 Å². The fourth-order valence-corrected chi connectivity index (χ4v) is 1.62. The van der Waals surface area contributed by atoms with Gasteiger partial charge >= 0.3 is 5.97 Å². The van der Waals surface area contributed by atoms with Crippen molar-refractivity contribution in [1.82, 2.24) is 0 Å². The molecule has 0 saturated heterocycles. The summed E-state index contributed by atoms with van der Waals surface area (Å²) in [4.78, 5) is 11.1. The molecule has 1 heterocycles. The molecule has 1 aromatic rings.